The number of carbonyl (C=O) groups is 1. The minimum Gasteiger partial charge on any atom is -0.352 e. The molecule has 0 spiro atoms. The quantitative estimate of drug-likeness (QED) is 0.667. The summed E-state index contributed by atoms with van der Waals surface area (Å²) in [6, 6.07) is 14.5. The highest BCUT2D eigenvalue weighted by molar-refractivity contribution is 7.89. The molecule has 4 unspecified atom stereocenters. The van der Waals surface area contributed by atoms with Crippen LogP contribution in [-0.4, -0.2) is 26.4 Å². The van der Waals surface area contributed by atoms with Gasteiger partial charge in [-0.3, -0.25) is 4.79 Å². The van der Waals surface area contributed by atoms with E-state index in [4.69, 9.17) is 11.6 Å². The summed E-state index contributed by atoms with van der Waals surface area (Å²) in [6.45, 7) is 4.35. The number of benzene rings is 2. The van der Waals surface area contributed by atoms with Crippen molar-refractivity contribution in [3.8, 4) is 0 Å². The average Bonchev–Trinajstić information content (AvgIpc) is 2.72. The normalized spacial score (nSPS) is 23.0. The molecule has 1 saturated carbocycles. The fourth-order valence-electron chi connectivity index (χ4n) is 3.98. The summed E-state index contributed by atoms with van der Waals surface area (Å²) in [5.74, 6) is 0.595. The fourth-order valence-corrected chi connectivity index (χ4v) is 5.30. The van der Waals surface area contributed by atoms with Crippen molar-refractivity contribution >= 4 is 27.5 Å². The number of hydrogen-bond donors (Lipinski definition) is 2. The second-order valence-electron chi connectivity index (χ2n) is 8.20. The van der Waals surface area contributed by atoms with Crippen molar-refractivity contribution in [1.82, 2.24) is 10.0 Å². The van der Waals surface area contributed by atoms with Crippen molar-refractivity contribution in [1.29, 1.82) is 0 Å². The number of nitrogens with one attached hydrogen (secondary N) is 2. The summed E-state index contributed by atoms with van der Waals surface area (Å²) >= 11 is 5.88. The van der Waals surface area contributed by atoms with Gasteiger partial charge in [0.2, 0.25) is 15.9 Å². The molecule has 30 heavy (non-hydrogen) atoms. The van der Waals surface area contributed by atoms with Crippen LogP contribution in [0, 0.1) is 11.8 Å². The molecular weight excluding hydrogens is 420 g/mol. The van der Waals surface area contributed by atoms with Crippen LogP contribution in [0.4, 0.5) is 0 Å². The van der Waals surface area contributed by atoms with Gasteiger partial charge in [-0.25, -0.2) is 8.42 Å². The van der Waals surface area contributed by atoms with Gasteiger partial charge in [0.05, 0.1) is 4.90 Å². The monoisotopic (exact) mass is 448 g/mol. The molecule has 5 nitrogen and oxygen atoms in total. The molecule has 0 heterocycles. The van der Waals surface area contributed by atoms with Crippen molar-refractivity contribution in [2.24, 2.45) is 11.8 Å². The van der Waals surface area contributed by atoms with E-state index in [0.29, 0.717) is 16.9 Å². The van der Waals surface area contributed by atoms with E-state index < -0.39 is 16.1 Å². The Hall–Kier alpha value is -1.89. The van der Waals surface area contributed by atoms with Crippen molar-refractivity contribution < 1.29 is 13.2 Å². The van der Waals surface area contributed by atoms with E-state index in [1.807, 2.05) is 30.3 Å². The summed E-state index contributed by atoms with van der Waals surface area (Å²) in [5, 5.41) is 3.57. The molecule has 1 aliphatic carbocycles. The Morgan fingerprint density at radius 2 is 1.73 bits per heavy atom. The van der Waals surface area contributed by atoms with Gasteiger partial charge in [0, 0.05) is 11.1 Å². The summed E-state index contributed by atoms with van der Waals surface area (Å²) in [6.07, 6.45) is 3.41. The van der Waals surface area contributed by atoms with E-state index in [1.54, 1.807) is 0 Å². The molecule has 2 aromatic carbocycles. The number of sulfonamides is 1. The summed E-state index contributed by atoms with van der Waals surface area (Å²) in [4.78, 5) is 13.3. The second kappa shape index (κ2) is 9.94. The van der Waals surface area contributed by atoms with E-state index >= 15 is 0 Å². The predicted molar refractivity (Wildman–Crippen MR) is 120 cm³/mol. The van der Waals surface area contributed by atoms with Crippen molar-refractivity contribution in [3.05, 3.63) is 65.2 Å². The van der Waals surface area contributed by atoms with Gasteiger partial charge in [-0.1, -0.05) is 68.6 Å². The zero-order valence-electron chi connectivity index (χ0n) is 17.3. The minimum atomic E-state index is -3.88. The first kappa shape index (κ1) is 22.8. The molecule has 0 aliphatic heterocycles. The summed E-state index contributed by atoms with van der Waals surface area (Å²) < 4.78 is 28.5. The van der Waals surface area contributed by atoms with Gasteiger partial charge >= 0.3 is 0 Å². The van der Waals surface area contributed by atoms with Gasteiger partial charge in [-0.05, 0) is 54.5 Å². The van der Waals surface area contributed by atoms with E-state index in [2.05, 4.69) is 23.9 Å². The molecule has 1 amide bonds. The van der Waals surface area contributed by atoms with Crippen LogP contribution in [-0.2, 0) is 21.2 Å². The van der Waals surface area contributed by atoms with Crippen LogP contribution in [0.1, 0.15) is 38.7 Å². The van der Waals surface area contributed by atoms with Gasteiger partial charge in [0.15, 0.2) is 0 Å². The Morgan fingerprint density at radius 1 is 1.07 bits per heavy atom. The molecule has 0 saturated heterocycles. The molecule has 0 radical (unpaired) electrons. The molecule has 3 rings (SSSR count). The molecule has 7 heteroatoms. The van der Waals surface area contributed by atoms with E-state index in [-0.39, 0.29) is 23.3 Å². The summed E-state index contributed by atoms with van der Waals surface area (Å²) in [5.41, 5.74) is 0.890. The van der Waals surface area contributed by atoms with Crippen LogP contribution < -0.4 is 10.0 Å². The first-order valence-electron chi connectivity index (χ1n) is 10.4. The lowest BCUT2D eigenvalue weighted by Gasteiger charge is -2.35. The number of carbonyl (C=O) groups excluding carboxylic acids is 1. The third-order valence-electron chi connectivity index (χ3n) is 6.05. The maximum absolute atomic E-state index is 13.2. The van der Waals surface area contributed by atoms with Gasteiger partial charge < -0.3 is 5.32 Å². The lowest BCUT2D eigenvalue weighted by atomic mass is 9.78. The summed E-state index contributed by atoms with van der Waals surface area (Å²) in [7, 11) is -3.88. The molecule has 2 N–H and O–H groups in total. The maximum atomic E-state index is 13.2. The molecule has 0 bridgehead atoms. The van der Waals surface area contributed by atoms with Crippen LogP contribution >= 0.6 is 11.6 Å². The van der Waals surface area contributed by atoms with Crippen molar-refractivity contribution in [2.45, 2.75) is 56.5 Å². The Bertz CT molecular complexity index is 948. The Morgan fingerprint density at radius 3 is 2.40 bits per heavy atom. The average molecular weight is 449 g/mol. The molecule has 1 fully saturated rings. The minimum absolute atomic E-state index is 0.0551. The second-order valence-corrected chi connectivity index (χ2v) is 10.4. The first-order chi connectivity index (χ1) is 14.3. The zero-order valence-corrected chi connectivity index (χ0v) is 18.9. The number of hydrogen-bond acceptors (Lipinski definition) is 3. The molecular formula is C23H29ClN2O3S. The van der Waals surface area contributed by atoms with Gasteiger partial charge in [-0.2, -0.15) is 4.72 Å². The van der Waals surface area contributed by atoms with Gasteiger partial charge in [-0.15, -0.1) is 0 Å². The Balaban J connectivity index is 1.80. The maximum Gasteiger partial charge on any atom is 0.241 e. The highest BCUT2D eigenvalue weighted by atomic mass is 35.5. The van der Waals surface area contributed by atoms with Crippen LogP contribution in [0.5, 0.6) is 0 Å². The smallest absolute Gasteiger partial charge is 0.241 e. The third kappa shape index (κ3) is 5.84. The van der Waals surface area contributed by atoms with Crippen LogP contribution in [0.25, 0.3) is 0 Å². The fraction of sp³-hybridized carbons (Fsp3) is 0.435. The van der Waals surface area contributed by atoms with E-state index in [0.717, 1.165) is 24.8 Å². The highest BCUT2D eigenvalue weighted by Crippen LogP contribution is 2.29. The lowest BCUT2D eigenvalue weighted by molar-refractivity contribution is -0.124. The third-order valence-corrected chi connectivity index (χ3v) is 7.79. The highest BCUT2D eigenvalue weighted by Gasteiger charge is 2.32. The van der Waals surface area contributed by atoms with Crippen LogP contribution in [0.2, 0.25) is 5.02 Å². The van der Waals surface area contributed by atoms with Crippen LogP contribution in [0.15, 0.2) is 59.5 Å². The van der Waals surface area contributed by atoms with Crippen molar-refractivity contribution in [2.75, 3.05) is 0 Å². The number of halogens is 1. The largest absolute Gasteiger partial charge is 0.352 e. The molecule has 1 aliphatic rings. The zero-order chi connectivity index (χ0) is 21.7. The van der Waals surface area contributed by atoms with Crippen LogP contribution in [0.3, 0.4) is 0 Å². The SMILES string of the molecule is CC1CCCC(NC(=O)C(Cc2ccccc2)NS(=O)(=O)c2ccc(Cl)cc2)C1C. The first-order valence-corrected chi connectivity index (χ1v) is 12.2. The van der Waals surface area contributed by atoms with E-state index in [1.165, 1.54) is 24.3 Å². The van der Waals surface area contributed by atoms with Gasteiger partial charge in [0.1, 0.15) is 6.04 Å². The molecule has 162 valence electrons. The predicted octanol–water partition coefficient (Wildman–Crippen LogP) is 4.17. The number of rotatable bonds is 7. The Labute approximate surface area is 184 Å². The standard InChI is InChI=1S/C23H29ClN2O3S/c1-16-7-6-10-21(17(16)2)25-23(27)22(15-18-8-4-3-5-9-18)26-30(28,29)20-13-11-19(24)12-14-20/h3-5,8-9,11-14,16-17,21-22,26H,6-7,10,15H2,1-2H3,(H,25,27). The number of amides is 1. The van der Waals surface area contributed by atoms with E-state index in [9.17, 15) is 13.2 Å². The van der Waals surface area contributed by atoms with Gasteiger partial charge in [0.25, 0.3) is 0 Å². The molecule has 2 aromatic rings. The lowest BCUT2D eigenvalue weighted by Crippen LogP contribution is -2.53. The molecule has 4 atom stereocenters. The topological polar surface area (TPSA) is 75.3 Å². The molecule has 0 aromatic heterocycles. The van der Waals surface area contributed by atoms with Crippen molar-refractivity contribution in [3.63, 3.8) is 0 Å². The Kier molecular flexibility index (Phi) is 7.55.